The Morgan fingerprint density at radius 1 is 1.28 bits per heavy atom. The molecule has 6 nitrogen and oxygen atoms in total. The number of nitrogens with one attached hydrogen (secondary N) is 2. The number of benzene rings is 1. The van der Waals surface area contributed by atoms with Crippen molar-refractivity contribution in [1.82, 2.24) is 15.2 Å². The molecule has 3 aromatic rings. The van der Waals surface area contributed by atoms with Crippen LogP contribution in [-0.4, -0.2) is 31.1 Å². The Balaban J connectivity index is 1.66. The molecule has 0 bridgehead atoms. The summed E-state index contributed by atoms with van der Waals surface area (Å²) in [4.78, 5) is 4.27. The first kappa shape index (κ1) is 16.2. The minimum atomic E-state index is -1.06. The molecule has 25 heavy (non-hydrogen) atoms. The largest absolute Gasteiger partial charge is 0.593 e. The van der Waals surface area contributed by atoms with E-state index in [0.717, 1.165) is 40.8 Å². The predicted octanol–water partition coefficient (Wildman–Crippen LogP) is 3.65. The van der Waals surface area contributed by atoms with Gasteiger partial charge in [0.05, 0.1) is 23.0 Å². The van der Waals surface area contributed by atoms with Gasteiger partial charge in [-0.1, -0.05) is 0 Å². The highest BCUT2D eigenvalue weighted by Gasteiger charge is 2.35. The molecule has 0 aliphatic heterocycles. The Morgan fingerprint density at radius 3 is 2.88 bits per heavy atom. The molecular weight excluding hydrogens is 336 g/mol. The maximum Gasteiger partial charge on any atom is 0.170 e. The zero-order valence-electron chi connectivity index (χ0n) is 14.2. The number of nitrogens with zero attached hydrogens (tertiary/aromatic N) is 2. The molecule has 7 heteroatoms. The first-order valence-electron chi connectivity index (χ1n) is 8.38. The Hall–Kier alpha value is -2.25. The minimum absolute atomic E-state index is 0.113. The van der Waals surface area contributed by atoms with E-state index in [9.17, 15) is 4.55 Å². The van der Waals surface area contributed by atoms with Crippen LogP contribution in [0.4, 0.5) is 5.82 Å². The van der Waals surface area contributed by atoms with Crippen molar-refractivity contribution in [3.8, 4) is 17.0 Å². The van der Waals surface area contributed by atoms with Gasteiger partial charge in [0.25, 0.3) is 0 Å². The number of pyridine rings is 1. The van der Waals surface area contributed by atoms with Crippen molar-refractivity contribution in [1.29, 1.82) is 0 Å². The van der Waals surface area contributed by atoms with Crippen LogP contribution in [0.25, 0.3) is 22.2 Å². The van der Waals surface area contributed by atoms with Gasteiger partial charge in [-0.2, -0.15) is 9.82 Å². The predicted molar refractivity (Wildman–Crippen MR) is 99.9 cm³/mol. The van der Waals surface area contributed by atoms with Crippen molar-refractivity contribution in [2.45, 2.75) is 38.0 Å². The van der Waals surface area contributed by atoms with E-state index in [1.165, 1.54) is 0 Å². The van der Waals surface area contributed by atoms with Gasteiger partial charge in [0.2, 0.25) is 0 Å². The molecule has 1 aliphatic rings. The van der Waals surface area contributed by atoms with Crippen molar-refractivity contribution in [2.75, 3.05) is 4.72 Å². The Bertz CT molecular complexity index is 892. The molecule has 2 aromatic heterocycles. The van der Waals surface area contributed by atoms with Crippen LogP contribution >= 0.6 is 0 Å². The fraction of sp³-hybridized carbons (Fsp3) is 0.333. The topological polar surface area (TPSA) is 85.9 Å². The second kappa shape index (κ2) is 6.57. The van der Waals surface area contributed by atoms with Gasteiger partial charge in [-0.05, 0) is 44.2 Å². The monoisotopic (exact) mass is 356 g/mol. The summed E-state index contributed by atoms with van der Waals surface area (Å²) in [5.74, 6) is 1.42. The molecule has 0 amide bonds. The quantitative estimate of drug-likeness (QED) is 0.659. The lowest BCUT2D eigenvalue weighted by molar-refractivity contribution is 0.243. The van der Waals surface area contributed by atoms with Crippen LogP contribution in [0.15, 0.2) is 36.5 Å². The van der Waals surface area contributed by atoms with Crippen LogP contribution in [0.5, 0.6) is 5.75 Å². The number of aromatic amines is 1. The number of fused-ring (bicyclic) bond motifs is 1. The van der Waals surface area contributed by atoms with Crippen LogP contribution in [0.1, 0.15) is 26.7 Å². The van der Waals surface area contributed by atoms with Gasteiger partial charge >= 0.3 is 0 Å². The van der Waals surface area contributed by atoms with Crippen LogP contribution in [0.2, 0.25) is 0 Å². The second-order valence-corrected chi connectivity index (χ2v) is 7.94. The molecule has 0 unspecified atom stereocenters. The number of hydrogen-bond acceptors (Lipinski definition) is 5. The number of ether oxygens (including phenoxy) is 1. The summed E-state index contributed by atoms with van der Waals surface area (Å²) in [6.07, 6.45) is 3.85. The van der Waals surface area contributed by atoms with Gasteiger partial charge in [0.15, 0.2) is 5.82 Å². The van der Waals surface area contributed by atoms with Crippen LogP contribution in [0.3, 0.4) is 0 Å². The van der Waals surface area contributed by atoms with Gasteiger partial charge in [0.1, 0.15) is 16.7 Å². The molecule has 1 aliphatic carbocycles. The lowest BCUT2D eigenvalue weighted by Gasteiger charge is -2.11. The molecule has 1 fully saturated rings. The van der Waals surface area contributed by atoms with Crippen molar-refractivity contribution in [3.63, 3.8) is 0 Å². The summed E-state index contributed by atoms with van der Waals surface area (Å²) in [6.45, 7) is 4.00. The average Bonchev–Trinajstić information content (AvgIpc) is 3.35. The third-order valence-corrected chi connectivity index (χ3v) is 5.46. The molecule has 130 valence electrons. The molecule has 0 radical (unpaired) electrons. The highest BCUT2D eigenvalue weighted by atomic mass is 32.2. The third kappa shape index (κ3) is 3.57. The normalized spacial score (nSPS) is 15.5. The van der Waals surface area contributed by atoms with E-state index >= 15 is 0 Å². The van der Waals surface area contributed by atoms with Gasteiger partial charge < -0.3 is 9.29 Å². The van der Waals surface area contributed by atoms with Gasteiger partial charge in [-0.15, -0.1) is 0 Å². The molecular formula is C18H20N4O2S. The first-order chi connectivity index (χ1) is 12.1. The van der Waals surface area contributed by atoms with Crippen LogP contribution < -0.4 is 9.46 Å². The maximum absolute atomic E-state index is 12.1. The number of aromatic nitrogens is 3. The molecule has 1 atom stereocenters. The number of hydrogen-bond donors (Lipinski definition) is 2. The average molecular weight is 356 g/mol. The van der Waals surface area contributed by atoms with Crippen molar-refractivity contribution in [3.05, 3.63) is 36.5 Å². The summed E-state index contributed by atoms with van der Waals surface area (Å²) < 4.78 is 20.8. The summed E-state index contributed by atoms with van der Waals surface area (Å²) >= 11 is -1.06. The summed E-state index contributed by atoms with van der Waals surface area (Å²) in [5.41, 5.74) is 2.68. The van der Waals surface area contributed by atoms with E-state index in [1.807, 2.05) is 44.2 Å². The minimum Gasteiger partial charge on any atom is -0.593 e. The Labute approximate surface area is 149 Å². The summed E-state index contributed by atoms with van der Waals surface area (Å²) in [6, 6.07) is 9.67. The zero-order valence-corrected chi connectivity index (χ0v) is 15.0. The lowest BCUT2D eigenvalue weighted by Crippen LogP contribution is -2.18. The van der Waals surface area contributed by atoms with E-state index in [2.05, 4.69) is 19.9 Å². The van der Waals surface area contributed by atoms with E-state index in [-0.39, 0.29) is 11.4 Å². The number of H-pyrrole nitrogens is 1. The Morgan fingerprint density at radius 2 is 2.12 bits per heavy atom. The van der Waals surface area contributed by atoms with Gasteiger partial charge in [-0.25, -0.2) is 4.98 Å². The maximum atomic E-state index is 12.1. The number of rotatable bonds is 6. The molecule has 1 saturated carbocycles. The summed E-state index contributed by atoms with van der Waals surface area (Å²) in [5, 5.41) is 8.73. The van der Waals surface area contributed by atoms with E-state index < -0.39 is 11.4 Å². The van der Waals surface area contributed by atoms with Gasteiger partial charge in [0, 0.05) is 30.0 Å². The van der Waals surface area contributed by atoms with Crippen molar-refractivity contribution >= 4 is 28.1 Å². The number of anilines is 1. The van der Waals surface area contributed by atoms with Crippen molar-refractivity contribution < 1.29 is 9.29 Å². The van der Waals surface area contributed by atoms with Gasteiger partial charge in [-0.3, -0.25) is 5.10 Å². The van der Waals surface area contributed by atoms with E-state index in [1.54, 1.807) is 6.20 Å². The molecule has 2 N–H and O–H groups in total. The van der Waals surface area contributed by atoms with E-state index in [4.69, 9.17) is 4.74 Å². The molecule has 0 spiro atoms. The highest BCUT2D eigenvalue weighted by molar-refractivity contribution is 7.93. The standard InChI is InChI=1S/C18H20N4O2S/c1-11(2)24-13-3-6-16-15(10-13)18(21-20-16)12-7-8-19-17(9-12)22-25(23)14-4-5-14/h3,6-11,14H,4-5H2,1-2H3,(H,19,22)(H,20,21)/t25-/m0/s1. The molecule has 0 saturated heterocycles. The second-order valence-electron chi connectivity index (χ2n) is 6.47. The first-order valence-corrected chi connectivity index (χ1v) is 9.60. The smallest absolute Gasteiger partial charge is 0.170 e. The zero-order chi connectivity index (χ0) is 17.4. The fourth-order valence-corrected chi connectivity index (χ4v) is 3.71. The van der Waals surface area contributed by atoms with Crippen molar-refractivity contribution in [2.24, 2.45) is 0 Å². The highest BCUT2D eigenvalue weighted by Crippen LogP contribution is 2.32. The lowest BCUT2D eigenvalue weighted by atomic mass is 10.1. The fourth-order valence-electron chi connectivity index (χ4n) is 2.66. The van der Waals surface area contributed by atoms with E-state index in [0.29, 0.717) is 5.82 Å². The third-order valence-electron chi connectivity index (χ3n) is 3.97. The Kier molecular flexibility index (Phi) is 4.27. The van der Waals surface area contributed by atoms with Crippen LogP contribution in [0, 0.1) is 0 Å². The summed E-state index contributed by atoms with van der Waals surface area (Å²) in [7, 11) is 0. The SMILES string of the molecule is CC(C)Oc1ccc2[nH]nc(-c3ccnc(N[S@@+]([O-])C4CC4)c3)c2c1. The molecule has 4 rings (SSSR count). The molecule has 1 aromatic carbocycles. The van der Waals surface area contributed by atoms with Crippen LogP contribution in [-0.2, 0) is 11.4 Å². The molecule has 2 heterocycles.